The van der Waals surface area contributed by atoms with Gasteiger partial charge in [-0.1, -0.05) is 0 Å². The summed E-state index contributed by atoms with van der Waals surface area (Å²) < 4.78 is 0. The first-order chi connectivity index (χ1) is 1.73. The number of rotatable bonds is 0. The van der Waals surface area contributed by atoms with E-state index in [0.717, 1.165) is 0 Å². The second-order valence-electron chi connectivity index (χ2n) is 0.964. The molecule has 2 radical (unpaired) electrons. The molecule has 0 rings (SSSR count). The van der Waals surface area contributed by atoms with Crippen LogP contribution in [0.2, 0.25) is 0 Å². The Hall–Kier alpha value is 0.622. The van der Waals surface area contributed by atoms with Crippen molar-refractivity contribution < 1.29 is 18.9 Å². The Morgan fingerprint density at radius 3 is 1.40 bits per heavy atom. The third-order valence-corrected chi connectivity index (χ3v) is 0. The van der Waals surface area contributed by atoms with Crippen molar-refractivity contribution in [2.24, 2.45) is 0 Å². The first-order valence-corrected chi connectivity index (χ1v) is 1.15. The maximum atomic E-state index is 4.94. The van der Waals surface area contributed by atoms with Crippen LogP contribution in [0.1, 0.15) is 0 Å². The van der Waals surface area contributed by atoms with Crippen molar-refractivity contribution in [3.8, 4) is 0 Å². The van der Waals surface area contributed by atoms with Crippen LogP contribution in [0, 0.1) is 0 Å². The molecule has 0 aliphatic heterocycles. The Labute approximate surface area is 46.3 Å². The van der Waals surface area contributed by atoms with Crippen molar-refractivity contribution in [1.29, 1.82) is 0 Å². The molecule has 0 saturated carbocycles. The molecule has 0 saturated heterocycles. The summed E-state index contributed by atoms with van der Waals surface area (Å²) in [5.74, 6) is 0. The Morgan fingerprint density at radius 2 is 1.40 bits per heavy atom. The van der Waals surface area contributed by atoms with Crippen LogP contribution in [-0.4, -0.2) is 26.9 Å². The zero-order valence-corrected chi connectivity index (χ0v) is 4.02. The average Bonchev–Trinajstić information content (AvgIpc) is 0.811. The minimum Gasteiger partial charge on any atom is -0.359 e. The zero-order valence-electron chi connectivity index (χ0n) is 4.02. The summed E-state index contributed by atoms with van der Waals surface area (Å²) in [7, 11) is 8.50. The van der Waals surface area contributed by atoms with E-state index in [0.29, 0.717) is 0 Å². The van der Waals surface area contributed by atoms with Gasteiger partial charge in [-0.15, -0.1) is 0 Å². The van der Waals surface area contributed by atoms with E-state index in [1.54, 1.807) is 14.1 Å². The molecule has 22 valence electrons. The van der Waals surface area contributed by atoms with Gasteiger partial charge < -0.3 is 4.81 Å². The zero-order chi connectivity index (χ0) is 3.58. The van der Waals surface area contributed by atoms with Crippen LogP contribution < -0.4 is 18.9 Å². The maximum Gasteiger partial charge on any atom is 1.00 e. The fourth-order valence-electron chi connectivity index (χ4n) is 0. The van der Waals surface area contributed by atoms with Crippen LogP contribution in [0.15, 0.2) is 0 Å². The van der Waals surface area contributed by atoms with Gasteiger partial charge in [-0.3, -0.25) is 0 Å². The predicted octanol–water partition coefficient (Wildman–Crippen LogP) is -3.36. The molecule has 0 spiro atoms. The van der Waals surface area contributed by atoms with Gasteiger partial charge in [0.25, 0.3) is 0 Å². The Balaban J connectivity index is 0. The molecule has 0 fully saturated rings. The molecule has 0 N–H and O–H groups in total. The van der Waals surface area contributed by atoms with Crippen molar-refractivity contribution in [3.63, 3.8) is 0 Å². The van der Waals surface area contributed by atoms with Gasteiger partial charge >= 0.3 is 18.9 Å². The fourth-order valence-corrected chi connectivity index (χ4v) is 0. The second-order valence-corrected chi connectivity index (χ2v) is 0.964. The molecule has 0 aliphatic rings. The van der Waals surface area contributed by atoms with Gasteiger partial charge in [-0.25, -0.2) is 0 Å². The van der Waals surface area contributed by atoms with E-state index < -0.39 is 0 Å². The first kappa shape index (κ1) is 9.16. The molecule has 0 bridgehead atoms. The quantitative estimate of drug-likeness (QED) is 0.265. The standard InChI is InChI=1S/C2H6BN.Li/c1-4(2)3;/h1-2H3;/q;+1. The molecular weight excluding hydrogens is 55.8 g/mol. The summed E-state index contributed by atoms with van der Waals surface area (Å²) in [5, 5.41) is 0. The number of nitrogens with zero attached hydrogens (tertiary/aromatic N) is 1. The second kappa shape index (κ2) is 4.62. The smallest absolute Gasteiger partial charge is 0.359 e. The van der Waals surface area contributed by atoms with Crippen LogP contribution in [0.25, 0.3) is 0 Å². The molecule has 1 nitrogen and oxygen atoms in total. The summed E-state index contributed by atoms with van der Waals surface area (Å²) in [6.07, 6.45) is 0. The normalized spacial score (nSPS) is 7.00. The monoisotopic (exact) mass is 62.1 g/mol. The van der Waals surface area contributed by atoms with Crippen LogP contribution in [0.5, 0.6) is 0 Å². The SMILES string of the molecule is [B]N(C)C.[Li+]. The van der Waals surface area contributed by atoms with Crippen LogP contribution in [-0.2, 0) is 0 Å². The Morgan fingerprint density at radius 1 is 1.40 bits per heavy atom. The largest absolute Gasteiger partial charge is 1.00 e. The Bertz CT molecular complexity index is 14.4. The summed E-state index contributed by atoms with van der Waals surface area (Å²) >= 11 is 0. The van der Waals surface area contributed by atoms with Gasteiger partial charge in [0.1, 0.15) is 0 Å². The van der Waals surface area contributed by atoms with E-state index in [1.807, 2.05) is 0 Å². The summed E-state index contributed by atoms with van der Waals surface area (Å²) in [6.45, 7) is 0. The number of hydrogen-bond donors (Lipinski definition) is 0. The van der Waals surface area contributed by atoms with Gasteiger partial charge in [-0.05, 0) is 14.1 Å². The van der Waals surface area contributed by atoms with Crippen LogP contribution >= 0.6 is 0 Å². The predicted molar refractivity (Wildman–Crippen MR) is 19.4 cm³/mol. The van der Waals surface area contributed by atoms with Crippen molar-refractivity contribution in [2.75, 3.05) is 14.1 Å². The molecular formula is C2H6BLiN+. The molecule has 0 atom stereocenters. The maximum absolute atomic E-state index is 4.94. The van der Waals surface area contributed by atoms with Crippen molar-refractivity contribution in [1.82, 2.24) is 4.81 Å². The topological polar surface area (TPSA) is 3.24 Å². The van der Waals surface area contributed by atoms with Gasteiger partial charge in [0.2, 0.25) is 0 Å². The van der Waals surface area contributed by atoms with E-state index in [2.05, 4.69) is 0 Å². The van der Waals surface area contributed by atoms with E-state index in [1.165, 1.54) is 4.81 Å². The van der Waals surface area contributed by atoms with Gasteiger partial charge in [0, 0.05) is 0 Å². The summed E-state index contributed by atoms with van der Waals surface area (Å²) in [6, 6.07) is 0. The molecule has 0 aromatic rings. The molecule has 5 heavy (non-hydrogen) atoms. The van der Waals surface area contributed by atoms with Gasteiger partial charge in [0.05, 0.1) is 0 Å². The molecule has 0 aliphatic carbocycles. The van der Waals surface area contributed by atoms with E-state index in [9.17, 15) is 0 Å². The molecule has 0 heterocycles. The number of hydrogen-bond acceptors (Lipinski definition) is 1. The first-order valence-electron chi connectivity index (χ1n) is 1.15. The minimum absolute atomic E-state index is 0. The van der Waals surface area contributed by atoms with Gasteiger partial charge in [-0.2, -0.15) is 0 Å². The molecule has 0 unspecified atom stereocenters. The van der Waals surface area contributed by atoms with Crippen molar-refractivity contribution in [2.45, 2.75) is 0 Å². The molecule has 0 aromatic heterocycles. The minimum atomic E-state index is 0. The van der Waals surface area contributed by atoms with Crippen LogP contribution in [0.3, 0.4) is 0 Å². The van der Waals surface area contributed by atoms with Gasteiger partial charge in [0.15, 0.2) is 7.98 Å². The summed E-state index contributed by atoms with van der Waals surface area (Å²) in [5.41, 5.74) is 0. The van der Waals surface area contributed by atoms with E-state index in [-0.39, 0.29) is 18.9 Å². The average molecular weight is 61.8 g/mol. The van der Waals surface area contributed by atoms with E-state index in [4.69, 9.17) is 7.98 Å². The van der Waals surface area contributed by atoms with Crippen LogP contribution in [0.4, 0.5) is 0 Å². The van der Waals surface area contributed by atoms with Crippen molar-refractivity contribution >= 4 is 7.98 Å². The molecule has 3 heteroatoms. The summed E-state index contributed by atoms with van der Waals surface area (Å²) in [4.78, 5) is 1.50. The van der Waals surface area contributed by atoms with Crippen molar-refractivity contribution in [3.05, 3.63) is 0 Å². The molecule has 0 aromatic carbocycles. The Kier molecular flexibility index (Phi) is 8.46. The van der Waals surface area contributed by atoms with E-state index >= 15 is 0 Å². The molecule has 0 amide bonds. The third-order valence-electron chi connectivity index (χ3n) is 0. The third kappa shape index (κ3) is 82.1. The fraction of sp³-hybridized carbons (Fsp3) is 1.00.